The van der Waals surface area contributed by atoms with Gasteiger partial charge in [-0.05, 0) is 77.7 Å². The maximum atomic E-state index is 13.9. The van der Waals surface area contributed by atoms with Crippen LogP contribution < -0.4 is 15.0 Å². The fourth-order valence-corrected chi connectivity index (χ4v) is 6.94. The first-order valence-electron chi connectivity index (χ1n) is 14.2. The largest absolute Gasteiger partial charge is 0.335 e. The molecule has 0 aromatic heterocycles. The molecule has 0 saturated carbocycles. The van der Waals surface area contributed by atoms with Gasteiger partial charge in [0.1, 0.15) is 5.71 Å². The molecule has 12 heteroatoms. The number of carbonyl (C=O) groups excluding carboxylic acids is 1. The number of hydrogen-bond acceptors (Lipinski definition) is 8. The number of nitrogens with zero attached hydrogens (tertiary/aromatic N) is 4. The van der Waals surface area contributed by atoms with Crippen molar-refractivity contribution in [1.82, 2.24) is 0 Å². The van der Waals surface area contributed by atoms with E-state index in [-0.39, 0.29) is 16.2 Å². The quantitative estimate of drug-likeness (QED) is 0.131. The smallest absolute Gasteiger partial charge is 0.281 e. The first-order valence-corrected chi connectivity index (χ1v) is 16.6. The molecule has 45 heavy (non-hydrogen) atoms. The number of carbonyl (C=O) groups is 1. The zero-order valence-electron chi connectivity index (χ0n) is 24.5. The molecule has 0 saturated heterocycles. The van der Waals surface area contributed by atoms with Crippen LogP contribution in [-0.2, 0) is 14.8 Å². The van der Waals surface area contributed by atoms with Gasteiger partial charge in [0, 0.05) is 29.1 Å². The highest BCUT2D eigenvalue weighted by molar-refractivity contribution is 8.04. The van der Waals surface area contributed by atoms with E-state index in [0.717, 1.165) is 39.3 Å². The highest BCUT2D eigenvalue weighted by Crippen LogP contribution is 2.49. The van der Waals surface area contributed by atoms with Crippen LogP contribution in [0.1, 0.15) is 25.8 Å². The second-order valence-electron chi connectivity index (χ2n) is 11.1. The number of thioether (sulfide) groups is 1. The fraction of sp³-hybridized carbons (Fsp3) is 0.152. The summed E-state index contributed by atoms with van der Waals surface area (Å²) in [5.41, 5.74) is 2.52. The SMILES string of the molecule is CC(C)CCN1/C(=C/C=C2\C(=O)N(c3ccc(S(N)(=O)=O)cc3)N=C2c2ccc([N+](=O)[O-])cc2)Sc2c1ccc1ccccc21. The number of allylic oxidation sites excluding steroid dienone is 2. The van der Waals surface area contributed by atoms with Crippen molar-refractivity contribution in [3.63, 3.8) is 0 Å². The number of nitrogens with two attached hydrogens (primary N) is 1. The highest BCUT2D eigenvalue weighted by atomic mass is 32.2. The number of primary sulfonamides is 1. The average molecular weight is 640 g/mol. The summed E-state index contributed by atoms with van der Waals surface area (Å²) in [5.74, 6) is 0.0637. The number of anilines is 2. The summed E-state index contributed by atoms with van der Waals surface area (Å²) in [6.45, 7) is 5.17. The molecular weight excluding hydrogens is 611 g/mol. The van der Waals surface area contributed by atoms with E-state index in [1.54, 1.807) is 30.0 Å². The maximum absolute atomic E-state index is 13.9. The zero-order chi connectivity index (χ0) is 31.9. The van der Waals surface area contributed by atoms with E-state index in [4.69, 9.17) is 5.14 Å². The number of sulfonamides is 1. The van der Waals surface area contributed by atoms with Gasteiger partial charge in [-0.3, -0.25) is 14.9 Å². The Morgan fingerprint density at radius 1 is 0.978 bits per heavy atom. The van der Waals surface area contributed by atoms with E-state index < -0.39 is 20.9 Å². The summed E-state index contributed by atoms with van der Waals surface area (Å²) in [7, 11) is -3.92. The lowest BCUT2D eigenvalue weighted by atomic mass is 10.0. The van der Waals surface area contributed by atoms with Gasteiger partial charge in [0.05, 0.1) is 31.8 Å². The Kier molecular flexibility index (Phi) is 8.04. The average Bonchev–Trinajstić information content (AvgIpc) is 3.55. The van der Waals surface area contributed by atoms with Crippen LogP contribution in [-0.4, -0.2) is 31.5 Å². The van der Waals surface area contributed by atoms with Crippen LogP contribution in [0, 0.1) is 16.0 Å². The molecule has 6 rings (SSSR count). The van der Waals surface area contributed by atoms with Crippen molar-refractivity contribution < 1.29 is 18.1 Å². The molecule has 0 radical (unpaired) electrons. The second kappa shape index (κ2) is 12.0. The number of nitro benzene ring substituents is 1. The van der Waals surface area contributed by atoms with E-state index in [1.165, 1.54) is 41.4 Å². The third-order valence-corrected chi connectivity index (χ3v) is 9.71. The molecule has 4 aromatic rings. The number of fused-ring (bicyclic) bond motifs is 3. The molecule has 228 valence electrons. The van der Waals surface area contributed by atoms with Crippen LogP contribution in [0.4, 0.5) is 17.1 Å². The predicted octanol–water partition coefficient (Wildman–Crippen LogP) is 6.57. The summed E-state index contributed by atoms with van der Waals surface area (Å²) in [5, 5.41) is 25.6. The topological polar surface area (TPSA) is 139 Å². The monoisotopic (exact) mass is 639 g/mol. The Balaban J connectivity index is 1.42. The molecule has 0 spiro atoms. The number of hydrazone groups is 1. The second-order valence-corrected chi connectivity index (χ2v) is 13.7. The Hall–Kier alpha value is -4.78. The molecule has 0 bridgehead atoms. The molecule has 0 unspecified atom stereocenters. The minimum atomic E-state index is -3.92. The van der Waals surface area contributed by atoms with E-state index in [2.05, 4.69) is 48.1 Å². The minimum Gasteiger partial charge on any atom is -0.335 e. The van der Waals surface area contributed by atoms with Crippen molar-refractivity contribution in [3.05, 3.63) is 123 Å². The van der Waals surface area contributed by atoms with E-state index in [9.17, 15) is 23.3 Å². The normalized spacial score (nSPS) is 16.7. The molecular formula is C33H29N5O5S2. The van der Waals surface area contributed by atoms with Crippen LogP contribution in [0.15, 0.2) is 123 Å². The summed E-state index contributed by atoms with van der Waals surface area (Å²) in [6.07, 6.45) is 4.62. The van der Waals surface area contributed by atoms with Gasteiger partial charge >= 0.3 is 0 Å². The Bertz CT molecular complexity index is 2040. The molecule has 2 aliphatic rings. The number of amides is 1. The third kappa shape index (κ3) is 5.99. The molecule has 1 amide bonds. The van der Waals surface area contributed by atoms with Crippen LogP contribution >= 0.6 is 11.8 Å². The summed E-state index contributed by atoms with van der Waals surface area (Å²) < 4.78 is 23.5. The lowest BCUT2D eigenvalue weighted by molar-refractivity contribution is -0.384. The molecule has 0 aliphatic carbocycles. The minimum absolute atomic E-state index is 0.0834. The van der Waals surface area contributed by atoms with Crippen molar-refractivity contribution in [1.29, 1.82) is 0 Å². The summed E-state index contributed by atoms with van der Waals surface area (Å²) in [6, 6.07) is 23.9. The molecule has 2 heterocycles. The number of rotatable bonds is 8. The maximum Gasteiger partial charge on any atom is 0.281 e. The third-order valence-electron chi connectivity index (χ3n) is 7.58. The number of hydrogen-bond donors (Lipinski definition) is 1. The van der Waals surface area contributed by atoms with Gasteiger partial charge in [0.15, 0.2) is 0 Å². The van der Waals surface area contributed by atoms with Crippen molar-refractivity contribution in [2.45, 2.75) is 30.1 Å². The Morgan fingerprint density at radius 2 is 1.69 bits per heavy atom. The molecule has 0 fully saturated rings. The predicted molar refractivity (Wildman–Crippen MR) is 178 cm³/mol. The molecule has 2 aliphatic heterocycles. The van der Waals surface area contributed by atoms with Crippen molar-refractivity contribution in [2.24, 2.45) is 16.2 Å². The van der Waals surface area contributed by atoms with E-state index >= 15 is 0 Å². The van der Waals surface area contributed by atoms with Crippen molar-refractivity contribution in [3.8, 4) is 0 Å². The molecule has 2 N–H and O–H groups in total. The number of benzene rings is 4. The first kappa shape index (κ1) is 30.3. The molecule has 10 nitrogen and oxygen atoms in total. The molecule has 4 aromatic carbocycles. The summed E-state index contributed by atoms with van der Waals surface area (Å²) in [4.78, 5) is 28.0. The van der Waals surface area contributed by atoms with Gasteiger partial charge < -0.3 is 4.90 Å². The van der Waals surface area contributed by atoms with Crippen LogP contribution in [0.5, 0.6) is 0 Å². The lowest BCUT2D eigenvalue weighted by Gasteiger charge is -2.21. The molecule has 0 atom stereocenters. The van der Waals surface area contributed by atoms with Gasteiger partial charge in [-0.15, -0.1) is 0 Å². The van der Waals surface area contributed by atoms with Crippen LogP contribution in [0.3, 0.4) is 0 Å². The van der Waals surface area contributed by atoms with Gasteiger partial charge in [-0.1, -0.05) is 55.9 Å². The van der Waals surface area contributed by atoms with Crippen LogP contribution in [0.25, 0.3) is 10.8 Å². The Morgan fingerprint density at radius 3 is 2.36 bits per heavy atom. The van der Waals surface area contributed by atoms with Gasteiger partial charge in [0.2, 0.25) is 10.0 Å². The van der Waals surface area contributed by atoms with Gasteiger partial charge in [-0.25, -0.2) is 13.6 Å². The van der Waals surface area contributed by atoms with Crippen molar-refractivity contribution in [2.75, 3.05) is 16.5 Å². The highest BCUT2D eigenvalue weighted by Gasteiger charge is 2.33. The van der Waals surface area contributed by atoms with Crippen LogP contribution in [0.2, 0.25) is 0 Å². The Labute approximate surface area is 264 Å². The first-order chi connectivity index (χ1) is 21.5. The fourth-order valence-electron chi connectivity index (χ4n) is 5.20. The van der Waals surface area contributed by atoms with Gasteiger partial charge in [0.25, 0.3) is 11.6 Å². The van der Waals surface area contributed by atoms with Gasteiger partial charge in [-0.2, -0.15) is 10.1 Å². The standard InChI is InChI=1S/C33H29N5O5S2/c1-21(2)19-20-36-29-17-9-22-5-3-4-6-27(22)32(29)44-30(36)18-16-28-31(23-7-10-25(11-8-23)38(40)41)35-37(33(28)39)24-12-14-26(15-13-24)45(34,42)43/h3-18,21H,19-20H2,1-2H3,(H2,34,42,43)/b28-16-,30-18-. The summed E-state index contributed by atoms with van der Waals surface area (Å²) >= 11 is 1.65. The number of non-ortho nitro benzene ring substituents is 1. The van der Waals surface area contributed by atoms with E-state index in [1.807, 2.05) is 18.2 Å². The zero-order valence-corrected chi connectivity index (χ0v) is 26.1. The van der Waals surface area contributed by atoms with Crippen molar-refractivity contribution >= 4 is 61.2 Å². The number of nitro groups is 1. The lowest BCUT2D eigenvalue weighted by Crippen LogP contribution is -2.22. The van der Waals surface area contributed by atoms with E-state index in [0.29, 0.717) is 22.9 Å².